The molecule has 0 bridgehead atoms. The van der Waals surface area contributed by atoms with Crippen LogP contribution in [0.4, 0.5) is 0 Å². The Kier molecular flexibility index (Phi) is 4.03. The number of hydrogen-bond donors (Lipinski definition) is 1. The van der Waals surface area contributed by atoms with E-state index >= 15 is 0 Å². The largest absolute Gasteiger partial charge is 0.366 e. The van der Waals surface area contributed by atoms with Crippen molar-refractivity contribution in [3.63, 3.8) is 0 Å². The number of likely N-dealkylation sites (N-methyl/N-ethyl adjacent to an activating group) is 1. The zero-order chi connectivity index (χ0) is 13.9. The predicted octanol–water partition coefficient (Wildman–Crippen LogP) is -0.108. The van der Waals surface area contributed by atoms with Gasteiger partial charge in [-0.2, -0.15) is 0 Å². The number of carbonyl (C=O) groups is 1. The highest BCUT2D eigenvalue weighted by Crippen LogP contribution is 2.18. The number of nitrogens with one attached hydrogen (secondary N) is 1. The van der Waals surface area contributed by atoms with Crippen molar-refractivity contribution in [3.8, 4) is 0 Å². The fourth-order valence-electron chi connectivity index (χ4n) is 2.88. The Hall–Kier alpha value is -1.40. The van der Waals surface area contributed by atoms with Crippen molar-refractivity contribution in [2.24, 2.45) is 5.92 Å². The van der Waals surface area contributed by atoms with E-state index in [1.54, 1.807) is 0 Å². The number of morpholine rings is 1. The van der Waals surface area contributed by atoms with Crippen LogP contribution in [0.5, 0.6) is 0 Å². The molecule has 1 amide bonds. The maximum absolute atomic E-state index is 12.1. The second-order valence-electron chi connectivity index (χ2n) is 5.76. The second-order valence-corrected chi connectivity index (χ2v) is 5.76. The van der Waals surface area contributed by atoms with Gasteiger partial charge in [0.1, 0.15) is 11.9 Å². The molecule has 0 aliphatic carbocycles. The van der Waals surface area contributed by atoms with Crippen molar-refractivity contribution in [2.45, 2.75) is 25.5 Å². The van der Waals surface area contributed by atoms with E-state index in [1.807, 2.05) is 19.4 Å². The lowest BCUT2D eigenvalue weighted by molar-refractivity contribution is -0.138. The van der Waals surface area contributed by atoms with Crippen molar-refractivity contribution in [3.05, 3.63) is 18.2 Å². The molecule has 0 saturated carbocycles. The number of nitrogens with zero attached hydrogens (tertiary/aromatic N) is 3. The number of aromatic nitrogens is 2. The third-order valence-corrected chi connectivity index (χ3v) is 4.18. The summed E-state index contributed by atoms with van der Waals surface area (Å²) >= 11 is 0. The molecule has 110 valence electrons. The van der Waals surface area contributed by atoms with Gasteiger partial charge in [-0.25, -0.2) is 4.98 Å². The van der Waals surface area contributed by atoms with E-state index in [-0.39, 0.29) is 12.0 Å². The molecule has 0 unspecified atom stereocenters. The highest BCUT2D eigenvalue weighted by atomic mass is 16.5. The summed E-state index contributed by atoms with van der Waals surface area (Å²) < 4.78 is 7.72. The number of ether oxygens (including phenoxy) is 1. The summed E-state index contributed by atoms with van der Waals surface area (Å²) in [6.07, 6.45) is 5.59. The lowest BCUT2D eigenvalue weighted by atomic mass is 9.98. The summed E-state index contributed by atoms with van der Waals surface area (Å²) in [5.41, 5.74) is 0. The Morgan fingerprint density at radius 1 is 1.55 bits per heavy atom. The Balaban J connectivity index is 1.47. The quantitative estimate of drug-likeness (QED) is 0.838. The molecule has 0 radical (unpaired) electrons. The van der Waals surface area contributed by atoms with E-state index in [0.717, 1.165) is 38.3 Å². The minimum atomic E-state index is -0.320. The molecule has 6 nitrogen and oxygen atoms in total. The number of rotatable bonds is 3. The lowest BCUT2D eigenvalue weighted by Gasteiger charge is -2.30. The molecule has 1 saturated heterocycles. The van der Waals surface area contributed by atoms with Crippen LogP contribution < -0.4 is 5.32 Å². The van der Waals surface area contributed by atoms with Gasteiger partial charge < -0.3 is 19.5 Å². The van der Waals surface area contributed by atoms with E-state index in [4.69, 9.17) is 4.74 Å². The normalized spacial score (nSPS) is 27.1. The molecular formula is C14H22N4O2. The number of imidazole rings is 1. The molecule has 0 spiro atoms. The van der Waals surface area contributed by atoms with Gasteiger partial charge in [0, 0.05) is 45.0 Å². The van der Waals surface area contributed by atoms with Gasteiger partial charge in [-0.15, -0.1) is 0 Å². The third-order valence-electron chi connectivity index (χ3n) is 4.18. The first-order chi connectivity index (χ1) is 9.72. The van der Waals surface area contributed by atoms with Crippen molar-refractivity contribution < 1.29 is 9.53 Å². The van der Waals surface area contributed by atoms with Crippen LogP contribution in [0.3, 0.4) is 0 Å². The minimum absolute atomic E-state index is 0.0189. The van der Waals surface area contributed by atoms with Crippen LogP contribution in [-0.2, 0) is 22.5 Å². The molecule has 0 aromatic carbocycles. The number of carbonyl (C=O) groups excluding carboxylic acids is 1. The topological polar surface area (TPSA) is 59.4 Å². The van der Waals surface area contributed by atoms with E-state index in [1.165, 1.54) is 0 Å². The van der Waals surface area contributed by atoms with Crippen molar-refractivity contribution in [1.29, 1.82) is 0 Å². The molecule has 3 rings (SSSR count). The molecular weight excluding hydrogens is 256 g/mol. The van der Waals surface area contributed by atoms with Crippen molar-refractivity contribution in [2.75, 3.05) is 33.3 Å². The van der Waals surface area contributed by atoms with Crippen molar-refractivity contribution >= 4 is 5.91 Å². The summed E-state index contributed by atoms with van der Waals surface area (Å²) in [7, 11) is 2.02. The number of fused-ring (bicyclic) bond motifs is 1. The van der Waals surface area contributed by atoms with Gasteiger partial charge in [0.2, 0.25) is 5.91 Å². The van der Waals surface area contributed by atoms with Crippen LogP contribution in [0.15, 0.2) is 12.4 Å². The Bertz CT molecular complexity index is 473. The molecule has 6 heteroatoms. The maximum Gasteiger partial charge on any atom is 0.250 e. The molecule has 1 aromatic heterocycles. The molecule has 3 heterocycles. The molecule has 2 aliphatic rings. The molecule has 1 fully saturated rings. The van der Waals surface area contributed by atoms with Crippen LogP contribution in [0.2, 0.25) is 0 Å². The lowest BCUT2D eigenvalue weighted by Crippen LogP contribution is -2.49. The van der Waals surface area contributed by atoms with Gasteiger partial charge in [-0.05, 0) is 19.4 Å². The van der Waals surface area contributed by atoms with Gasteiger partial charge in [0.25, 0.3) is 0 Å². The van der Waals surface area contributed by atoms with Crippen LogP contribution >= 0.6 is 0 Å². The fraction of sp³-hybridized carbons (Fsp3) is 0.714. The van der Waals surface area contributed by atoms with Crippen LogP contribution in [0.1, 0.15) is 12.2 Å². The first-order valence-corrected chi connectivity index (χ1v) is 7.30. The van der Waals surface area contributed by atoms with Crippen molar-refractivity contribution in [1.82, 2.24) is 19.8 Å². The highest BCUT2D eigenvalue weighted by molar-refractivity contribution is 5.81. The number of aryl methyl sites for hydroxylation is 1. The number of hydrogen-bond acceptors (Lipinski definition) is 4. The predicted molar refractivity (Wildman–Crippen MR) is 74.3 cm³/mol. The SMILES string of the molecule is CN1CCO[C@H](C(=O)NC[C@H]2CCn3ccnc3C2)C1. The third kappa shape index (κ3) is 3.02. The standard InChI is InChI=1S/C14H22N4O2/c1-17-6-7-20-12(10-17)14(19)16-9-11-2-4-18-5-3-15-13(18)8-11/h3,5,11-12H,2,4,6-10H2,1H3,(H,16,19)/t11-,12-/m0/s1. The summed E-state index contributed by atoms with van der Waals surface area (Å²) in [6, 6.07) is 0. The molecule has 2 aliphatic heterocycles. The smallest absolute Gasteiger partial charge is 0.250 e. The maximum atomic E-state index is 12.1. The number of amides is 1. The Labute approximate surface area is 119 Å². The van der Waals surface area contributed by atoms with Gasteiger partial charge >= 0.3 is 0 Å². The first kappa shape index (κ1) is 13.6. The molecule has 1 N–H and O–H groups in total. The van der Waals surface area contributed by atoms with E-state index in [9.17, 15) is 4.79 Å². The monoisotopic (exact) mass is 278 g/mol. The Morgan fingerprint density at radius 3 is 3.30 bits per heavy atom. The molecule has 1 aromatic rings. The van der Waals surface area contributed by atoms with Gasteiger partial charge in [-0.3, -0.25) is 4.79 Å². The average Bonchev–Trinajstić information content (AvgIpc) is 2.92. The second kappa shape index (κ2) is 5.93. The van der Waals surface area contributed by atoms with Crippen LogP contribution in [0.25, 0.3) is 0 Å². The summed E-state index contributed by atoms with van der Waals surface area (Å²) in [5.74, 6) is 1.63. The summed E-state index contributed by atoms with van der Waals surface area (Å²) in [4.78, 5) is 18.6. The molecule has 2 atom stereocenters. The highest BCUT2D eigenvalue weighted by Gasteiger charge is 2.26. The molecule has 20 heavy (non-hydrogen) atoms. The minimum Gasteiger partial charge on any atom is -0.366 e. The zero-order valence-corrected chi connectivity index (χ0v) is 11.9. The van der Waals surface area contributed by atoms with Crippen LogP contribution in [-0.4, -0.2) is 59.8 Å². The van der Waals surface area contributed by atoms with E-state index < -0.39 is 0 Å². The summed E-state index contributed by atoms with van der Waals surface area (Å²) in [5, 5.41) is 3.04. The van der Waals surface area contributed by atoms with Gasteiger partial charge in [0.05, 0.1) is 6.61 Å². The Morgan fingerprint density at radius 2 is 2.45 bits per heavy atom. The fourth-order valence-corrected chi connectivity index (χ4v) is 2.88. The van der Waals surface area contributed by atoms with Crippen LogP contribution in [0, 0.1) is 5.92 Å². The van der Waals surface area contributed by atoms with Gasteiger partial charge in [0.15, 0.2) is 0 Å². The zero-order valence-electron chi connectivity index (χ0n) is 11.9. The first-order valence-electron chi connectivity index (χ1n) is 7.30. The van der Waals surface area contributed by atoms with E-state index in [0.29, 0.717) is 19.1 Å². The summed E-state index contributed by atoms with van der Waals surface area (Å²) in [6.45, 7) is 3.93. The van der Waals surface area contributed by atoms with E-state index in [2.05, 4.69) is 19.8 Å². The van der Waals surface area contributed by atoms with Gasteiger partial charge in [-0.1, -0.05) is 0 Å². The average molecular weight is 278 g/mol.